The van der Waals surface area contributed by atoms with Gasteiger partial charge in [0.15, 0.2) is 0 Å². The second-order valence-corrected chi connectivity index (χ2v) is 4.50. The van der Waals surface area contributed by atoms with Crippen LogP contribution in [0.25, 0.3) is 0 Å². The van der Waals surface area contributed by atoms with Crippen molar-refractivity contribution in [1.82, 2.24) is 4.90 Å². The number of likely N-dealkylation sites (tertiary alicyclic amines) is 1. The zero-order chi connectivity index (χ0) is 11.2. The summed E-state index contributed by atoms with van der Waals surface area (Å²) in [6, 6.07) is 8.89. The van der Waals surface area contributed by atoms with Gasteiger partial charge in [-0.05, 0) is 56.4 Å². The number of benzene rings is 1. The smallest absolute Gasteiger partial charge is 0.0233 e. The van der Waals surface area contributed by atoms with E-state index < -0.39 is 0 Å². The Morgan fingerprint density at radius 1 is 1.00 bits per heavy atom. The molecular weight excluding hydrogens is 196 g/mol. The van der Waals surface area contributed by atoms with Gasteiger partial charge in [0, 0.05) is 6.54 Å². The van der Waals surface area contributed by atoms with Gasteiger partial charge >= 0.3 is 0 Å². The van der Waals surface area contributed by atoms with E-state index in [0.29, 0.717) is 0 Å². The fourth-order valence-electron chi connectivity index (χ4n) is 2.20. The molecule has 0 amide bonds. The SMILES string of the molecule is NCCc1ccc(CN2CC[CH]CC2)cc1. The molecule has 0 bridgehead atoms. The maximum atomic E-state index is 5.54. The van der Waals surface area contributed by atoms with Crippen molar-refractivity contribution in [3.8, 4) is 0 Å². The maximum absolute atomic E-state index is 5.54. The first-order chi connectivity index (χ1) is 7.88. The molecule has 0 atom stereocenters. The van der Waals surface area contributed by atoms with Gasteiger partial charge in [-0.3, -0.25) is 4.90 Å². The molecule has 0 spiro atoms. The van der Waals surface area contributed by atoms with Crippen molar-refractivity contribution in [2.24, 2.45) is 5.73 Å². The van der Waals surface area contributed by atoms with Gasteiger partial charge in [-0.2, -0.15) is 0 Å². The summed E-state index contributed by atoms with van der Waals surface area (Å²) < 4.78 is 0. The van der Waals surface area contributed by atoms with E-state index >= 15 is 0 Å². The van der Waals surface area contributed by atoms with Crippen molar-refractivity contribution in [1.29, 1.82) is 0 Å². The lowest BCUT2D eigenvalue weighted by molar-refractivity contribution is 0.246. The molecule has 0 saturated carbocycles. The molecule has 2 heteroatoms. The Hall–Kier alpha value is -0.860. The minimum Gasteiger partial charge on any atom is -0.330 e. The zero-order valence-corrected chi connectivity index (χ0v) is 9.86. The highest BCUT2D eigenvalue weighted by atomic mass is 15.1. The molecule has 0 unspecified atom stereocenters. The highest BCUT2D eigenvalue weighted by molar-refractivity contribution is 5.22. The van der Waals surface area contributed by atoms with Crippen molar-refractivity contribution in [3.05, 3.63) is 41.8 Å². The van der Waals surface area contributed by atoms with Gasteiger partial charge in [-0.25, -0.2) is 0 Å². The molecule has 87 valence electrons. The summed E-state index contributed by atoms with van der Waals surface area (Å²) in [5.41, 5.74) is 8.30. The number of nitrogens with two attached hydrogens (primary N) is 1. The Morgan fingerprint density at radius 2 is 1.62 bits per heavy atom. The summed E-state index contributed by atoms with van der Waals surface area (Å²) in [5.74, 6) is 0. The first kappa shape index (κ1) is 11.6. The largest absolute Gasteiger partial charge is 0.330 e. The van der Waals surface area contributed by atoms with Crippen molar-refractivity contribution >= 4 is 0 Å². The molecule has 16 heavy (non-hydrogen) atoms. The molecule has 1 aliphatic rings. The molecule has 2 rings (SSSR count). The Bertz CT molecular complexity index is 299. The summed E-state index contributed by atoms with van der Waals surface area (Å²) >= 11 is 0. The van der Waals surface area contributed by atoms with Crippen LogP contribution >= 0.6 is 0 Å². The second kappa shape index (κ2) is 6.02. The van der Waals surface area contributed by atoms with Gasteiger partial charge in [-0.15, -0.1) is 0 Å². The number of rotatable bonds is 4. The molecular formula is C14H21N2. The average Bonchev–Trinajstić information content (AvgIpc) is 2.33. The fourth-order valence-corrected chi connectivity index (χ4v) is 2.20. The summed E-state index contributed by atoms with van der Waals surface area (Å²) in [4.78, 5) is 2.53. The number of hydrogen-bond acceptors (Lipinski definition) is 2. The minimum atomic E-state index is 0.737. The lowest BCUT2D eigenvalue weighted by Crippen LogP contribution is -2.29. The third kappa shape index (κ3) is 3.32. The summed E-state index contributed by atoms with van der Waals surface area (Å²) in [6.07, 6.45) is 5.86. The predicted octanol–water partition coefficient (Wildman–Crippen LogP) is 1.99. The number of hydrogen-bond donors (Lipinski definition) is 1. The van der Waals surface area contributed by atoms with Crippen LogP contribution in [-0.2, 0) is 13.0 Å². The number of nitrogens with zero attached hydrogens (tertiary/aromatic N) is 1. The Kier molecular flexibility index (Phi) is 4.37. The van der Waals surface area contributed by atoms with E-state index in [1.165, 1.54) is 37.1 Å². The lowest BCUT2D eigenvalue weighted by Gasteiger charge is -2.26. The van der Waals surface area contributed by atoms with Crippen molar-refractivity contribution in [3.63, 3.8) is 0 Å². The zero-order valence-electron chi connectivity index (χ0n) is 9.86. The predicted molar refractivity (Wildman–Crippen MR) is 68.0 cm³/mol. The van der Waals surface area contributed by atoms with E-state index in [1.54, 1.807) is 0 Å². The van der Waals surface area contributed by atoms with E-state index in [2.05, 4.69) is 35.6 Å². The summed E-state index contributed by atoms with van der Waals surface area (Å²) in [6.45, 7) is 4.26. The van der Waals surface area contributed by atoms with Crippen LogP contribution in [0.3, 0.4) is 0 Å². The monoisotopic (exact) mass is 217 g/mol. The van der Waals surface area contributed by atoms with E-state index in [0.717, 1.165) is 19.5 Å². The standard InChI is InChI=1S/C14H21N2/c15-9-8-13-4-6-14(7-5-13)12-16-10-2-1-3-11-16/h1,4-7H,2-3,8-12,15H2. The van der Waals surface area contributed by atoms with Gasteiger partial charge in [0.1, 0.15) is 0 Å². The van der Waals surface area contributed by atoms with E-state index in [1.807, 2.05) is 0 Å². The van der Waals surface area contributed by atoms with Crippen molar-refractivity contribution in [2.75, 3.05) is 19.6 Å². The van der Waals surface area contributed by atoms with Gasteiger partial charge in [0.2, 0.25) is 0 Å². The third-order valence-electron chi connectivity index (χ3n) is 3.16. The molecule has 1 heterocycles. The Labute approximate surface area is 98.4 Å². The van der Waals surface area contributed by atoms with E-state index in [9.17, 15) is 0 Å². The quantitative estimate of drug-likeness (QED) is 0.835. The first-order valence-corrected chi connectivity index (χ1v) is 6.20. The van der Waals surface area contributed by atoms with E-state index in [-0.39, 0.29) is 0 Å². The topological polar surface area (TPSA) is 29.3 Å². The lowest BCUT2D eigenvalue weighted by atomic mass is 10.1. The van der Waals surface area contributed by atoms with Crippen LogP contribution in [0.4, 0.5) is 0 Å². The van der Waals surface area contributed by atoms with Gasteiger partial charge in [0.05, 0.1) is 0 Å². The van der Waals surface area contributed by atoms with Crippen LogP contribution in [0, 0.1) is 6.42 Å². The summed E-state index contributed by atoms with van der Waals surface area (Å²) in [7, 11) is 0. The molecule has 2 nitrogen and oxygen atoms in total. The molecule has 1 aromatic rings. The molecule has 1 aromatic carbocycles. The Balaban J connectivity index is 1.88. The highest BCUT2D eigenvalue weighted by Crippen LogP contribution is 2.13. The molecule has 1 radical (unpaired) electrons. The second-order valence-electron chi connectivity index (χ2n) is 4.50. The maximum Gasteiger partial charge on any atom is 0.0233 e. The van der Waals surface area contributed by atoms with Crippen molar-refractivity contribution < 1.29 is 0 Å². The molecule has 0 aliphatic carbocycles. The molecule has 2 N–H and O–H groups in total. The van der Waals surface area contributed by atoms with Crippen LogP contribution < -0.4 is 5.73 Å². The fraction of sp³-hybridized carbons (Fsp3) is 0.500. The molecule has 1 fully saturated rings. The van der Waals surface area contributed by atoms with Crippen molar-refractivity contribution in [2.45, 2.75) is 25.8 Å². The summed E-state index contributed by atoms with van der Waals surface area (Å²) in [5, 5.41) is 0. The van der Waals surface area contributed by atoms with E-state index in [4.69, 9.17) is 5.73 Å². The van der Waals surface area contributed by atoms with Crippen LogP contribution in [-0.4, -0.2) is 24.5 Å². The van der Waals surface area contributed by atoms with Crippen LogP contribution in [0.1, 0.15) is 24.0 Å². The third-order valence-corrected chi connectivity index (χ3v) is 3.16. The molecule has 0 aromatic heterocycles. The normalized spacial score (nSPS) is 17.6. The van der Waals surface area contributed by atoms with Crippen LogP contribution in [0.15, 0.2) is 24.3 Å². The minimum absolute atomic E-state index is 0.737. The highest BCUT2D eigenvalue weighted by Gasteiger charge is 2.10. The first-order valence-electron chi connectivity index (χ1n) is 6.20. The van der Waals surface area contributed by atoms with Crippen LogP contribution in [0.2, 0.25) is 0 Å². The average molecular weight is 217 g/mol. The number of piperidine rings is 1. The van der Waals surface area contributed by atoms with Gasteiger partial charge < -0.3 is 5.73 Å². The Morgan fingerprint density at radius 3 is 2.25 bits per heavy atom. The van der Waals surface area contributed by atoms with Crippen LogP contribution in [0.5, 0.6) is 0 Å². The molecule has 1 saturated heterocycles. The van der Waals surface area contributed by atoms with Gasteiger partial charge in [-0.1, -0.05) is 24.3 Å². The molecule has 1 aliphatic heterocycles. The van der Waals surface area contributed by atoms with Gasteiger partial charge in [0.25, 0.3) is 0 Å².